The van der Waals surface area contributed by atoms with E-state index in [9.17, 15) is 0 Å². The van der Waals surface area contributed by atoms with Gasteiger partial charge in [-0.15, -0.1) is 0 Å². The molecule has 3 nitrogen and oxygen atoms in total. The average Bonchev–Trinajstić information content (AvgIpc) is 2.70. The molecule has 0 amide bonds. The Morgan fingerprint density at radius 2 is 1.89 bits per heavy atom. The van der Waals surface area contributed by atoms with E-state index in [-0.39, 0.29) is 6.10 Å². The van der Waals surface area contributed by atoms with Gasteiger partial charge in [-0.25, -0.2) is 0 Å². The Kier molecular flexibility index (Phi) is 4.38. The van der Waals surface area contributed by atoms with Gasteiger partial charge in [0.15, 0.2) is 5.79 Å². The first kappa shape index (κ1) is 13.5. The van der Waals surface area contributed by atoms with E-state index in [4.69, 9.17) is 9.47 Å². The van der Waals surface area contributed by atoms with Crippen LogP contribution in [0.15, 0.2) is 24.3 Å². The molecular formula is C15H23NO2. The Hall–Kier alpha value is -0.900. The van der Waals surface area contributed by atoms with Crippen LogP contribution in [0.1, 0.15) is 31.9 Å². The standard InChI is InChI=1S/C15H23NO2/c1-4-12-5-7-13(8-6-12)9-16-10-14-11-17-15(2,3)18-14/h5-8,14,16H,4,9-11H2,1-3H3. The van der Waals surface area contributed by atoms with E-state index < -0.39 is 5.79 Å². The zero-order valence-corrected chi connectivity index (χ0v) is 11.5. The number of ether oxygens (including phenoxy) is 2. The van der Waals surface area contributed by atoms with Gasteiger partial charge in [-0.3, -0.25) is 0 Å². The van der Waals surface area contributed by atoms with Crippen molar-refractivity contribution in [3.63, 3.8) is 0 Å². The van der Waals surface area contributed by atoms with Gasteiger partial charge in [0, 0.05) is 13.1 Å². The molecule has 100 valence electrons. The van der Waals surface area contributed by atoms with Crippen LogP contribution in [0.25, 0.3) is 0 Å². The van der Waals surface area contributed by atoms with Crippen molar-refractivity contribution in [2.45, 2.75) is 45.6 Å². The van der Waals surface area contributed by atoms with Crippen LogP contribution in [-0.2, 0) is 22.4 Å². The van der Waals surface area contributed by atoms with E-state index in [1.807, 2.05) is 13.8 Å². The van der Waals surface area contributed by atoms with E-state index in [2.05, 4.69) is 36.5 Å². The van der Waals surface area contributed by atoms with Gasteiger partial charge in [0.1, 0.15) is 0 Å². The minimum atomic E-state index is -0.422. The average molecular weight is 249 g/mol. The summed E-state index contributed by atoms with van der Waals surface area (Å²) in [6.07, 6.45) is 1.26. The highest BCUT2D eigenvalue weighted by molar-refractivity contribution is 5.22. The van der Waals surface area contributed by atoms with Crippen molar-refractivity contribution in [3.05, 3.63) is 35.4 Å². The van der Waals surface area contributed by atoms with Gasteiger partial charge < -0.3 is 14.8 Å². The summed E-state index contributed by atoms with van der Waals surface area (Å²) in [5.41, 5.74) is 2.69. The Bertz CT molecular complexity index is 373. The molecule has 1 aliphatic heterocycles. The van der Waals surface area contributed by atoms with Crippen LogP contribution >= 0.6 is 0 Å². The highest BCUT2D eigenvalue weighted by Gasteiger charge is 2.32. The maximum Gasteiger partial charge on any atom is 0.163 e. The molecule has 3 heteroatoms. The second kappa shape index (κ2) is 5.83. The predicted molar refractivity (Wildman–Crippen MR) is 72.4 cm³/mol. The van der Waals surface area contributed by atoms with Gasteiger partial charge in [-0.1, -0.05) is 31.2 Å². The fraction of sp³-hybridized carbons (Fsp3) is 0.600. The summed E-state index contributed by atoms with van der Waals surface area (Å²) in [5.74, 6) is -0.422. The Morgan fingerprint density at radius 3 is 2.44 bits per heavy atom. The number of aryl methyl sites for hydroxylation is 1. The molecule has 0 aromatic heterocycles. The Morgan fingerprint density at radius 1 is 1.22 bits per heavy atom. The molecule has 1 aromatic carbocycles. The van der Waals surface area contributed by atoms with Crippen molar-refractivity contribution >= 4 is 0 Å². The van der Waals surface area contributed by atoms with Crippen molar-refractivity contribution in [2.24, 2.45) is 0 Å². The third kappa shape index (κ3) is 3.80. The minimum absolute atomic E-state index is 0.162. The minimum Gasteiger partial charge on any atom is -0.348 e. The summed E-state index contributed by atoms with van der Waals surface area (Å²) in [7, 11) is 0. The SMILES string of the molecule is CCc1ccc(CNCC2COC(C)(C)O2)cc1. The summed E-state index contributed by atoms with van der Waals surface area (Å²) < 4.78 is 11.3. The first-order valence-corrected chi connectivity index (χ1v) is 6.69. The molecule has 1 saturated heterocycles. The molecule has 2 rings (SSSR count). The van der Waals surface area contributed by atoms with E-state index >= 15 is 0 Å². The lowest BCUT2D eigenvalue weighted by Crippen LogP contribution is -2.30. The van der Waals surface area contributed by atoms with Crippen molar-refractivity contribution in [3.8, 4) is 0 Å². The van der Waals surface area contributed by atoms with Crippen molar-refractivity contribution < 1.29 is 9.47 Å². The van der Waals surface area contributed by atoms with Crippen LogP contribution in [0.2, 0.25) is 0 Å². The van der Waals surface area contributed by atoms with Gasteiger partial charge in [-0.05, 0) is 31.4 Å². The van der Waals surface area contributed by atoms with Gasteiger partial charge in [-0.2, -0.15) is 0 Å². The lowest BCUT2D eigenvalue weighted by Gasteiger charge is -2.17. The number of benzene rings is 1. The summed E-state index contributed by atoms with van der Waals surface area (Å²) in [6.45, 7) is 8.47. The maximum atomic E-state index is 5.74. The van der Waals surface area contributed by atoms with Crippen molar-refractivity contribution in [2.75, 3.05) is 13.2 Å². The molecule has 1 atom stereocenters. The topological polar surface area (TPSA) is 30.5 Å². The largest absolute Gasteiger partial charge is 0.348 e. The van der Waals surface area contributed by atoms with E-state index in [0.29, 0.717) is 6.61 Å². The molecular weight excluding hydrogens is 226 g/mol. The number of hydrogen-bond donors (Lipinski definition) is 1. The molecule has 1 N–H and O–H groups in total. The number of rotatable bonds is 5. The van der Waals surface area contributed by atoms with Crippen LogP contribution in [-0.4, -0.2) is 25.0 Å². The second-order valence-corrected chi connectivity index (χ2v) is 5.25. The van der Waals surface area contributed by atoms with Crippen molar-refractivity contribution in [1.82, 2.24) is 5.32 Å². The summed E-state index contributed by atoms with van der Waals surface area (Å²) in [5, 5.41) is 3.41. The predicted octanol–water partition coefficient (Wildman–Crippen LogP) is 2.49. The van der Waals surface area contributed by atoms with E-state index in [1.165, 1.54) is 11.1 Å². The first-order valence-electron chi connectivity index (χ1n) is 6.69. The molecule has 1 unspecified atom stereocenters. The highest BCUT2D eigenvalue weighted by Crippen LogP contribution is 2.21. The molecule has 0 spiro atoms. The van der Waals surface area contributed by atoms with Gasteiger partial charge in [0.2, 0.25) is 0 Å². The van der Waals surface area contributed by atoms with Crippen LogP contribution in [0, 0.1) is 0 Å². The Balaban J connectivity index is 1.72. The third-order valence-electron chi connectivity index (χ3n) is 3.20. The lowest BCUT2D eigenvalue weighted by atomic mass is 10.1. The smallest absolute Gasteiger partial charge is 0.163 e. The fourth-order valence-corrected chi connectivity index (χ4v) is 2.13. The summed E-state index contributed by atoms with van der Waals surface area (Å²) in [4.78, 5) is 0. The second-order valence-electron chi connectivity index (χ2n) is 5.25. The quantitative estimate of drug-likeness (QED) is 0.869. The highest BCUT2D eigenvalue weighted by atomic mass is 16.7. The third-order valence-corrected chi connectivity index (χ3v) is 3.20. The maximum absolute atomic E-state index is 5.74. The molecule has 0 radical (unpaired) electrons. The molecule has 0 bridgehead atoms. The van der Waals surface area contributed by atoms with Crippen molar-refractivity contribution in [1.29, 1.82) is 0 Å². The van der Waals surface area contributed by atoms with Gasteiger partial charge >= 0.3 is 0 Å². The molecule has 1 fully saturated rings. The molecule has 0 saturated carbocycles. The summed E-state index contributed by atoms with van der Waals surface area (Å²) in [6, 6.07) is 8.74. The molecule has 1 heterocycles. The van der Waals surface area contributed by atoms with E-state index in [1.54, 1.807) is 0 Å². The molecule has 1 aliphatic rings. The van der Waals surface area contributed by atoms with Crippen LogP contribution < -0.4 is 5.32 Å². The monoisotopic (exact) mass is 249 g/mol. The van der Waals surface area contributed by atoms with Gasteiger partial charge in [0.25, 0.3) is 0 Å². The zero-order valence-electron chi connectivity index (χ0n) is 11.5. The zero-order chi connectivity index (χ0) is 13.0. The molecule has 1 aromatic rings. The molecule has 18 heavy (non-hydrogen) atoms. The fourth-order valence-electron chi connectivity index (χ4n) is 2.13. The summed E-state index contributed by atoms with van der Waals surface area (Å²) >= 11 is 0. The number of nitrogens with one attached hydrogen (secondary N) is 1. The lowest BCUT2D eigenvalue weighted by molar-refractivity contribution is -0.137. The first-order chi connectivity index (χ1) is 8.59. The Labute approximate surface area is 109 Å². The number of hydrogen-bond acceptors (Lipinski definition) is 3. The molecule has 0 aliphatic carbocycles. The van der Waals surface area contributed by atoms with E-state index in [0.717, 1.165) is 19.5 Å². The van der Waals surface area contributed by atoms with Gasteiger partial charge in [0.05, 0.1) is 12.7 Å². The van der Waals surface area contributed by atoms with Crippen LogP contribution in [0.3, 0.4) is 0 Å². The van der Waals surface area contributed by atoms with Crippen LogP contribution in [0.5, 0.6) is 0 Å². The van der Waals surface area contributed by atoms with Crippen LogP contribution in [0.4, 0.5) is 0 Å². The normalized spacial score (nSPS) is 22.3.